The number of rotatable bonds is 3. The largest absolute Gasteiger partial charge is 0.302 e. The van der Waals surface area contributed by atoms with Gasteiger partial charge >= 0.3 is 0 Å². The molecule has 1 atom stereocenters. The Labute approximate surface area is 62.2 Å². The molecule has 1 fully saturated rings. The fourth-order valence-corrected chi connectivity index (χ4v) is 1.51. The number of hydrogen-bond acceptors (Lipinski definition) is 2. The molecule has 0 aromatic carbocycles. The molecule has 0 N–H and O–H groups in total. The maximum atomic E-state index is 10.5. The van der Waals surface area contributed by atoms with E-state index in [1.54, 1.807) is 0 Å². The van der Waals surface area contributed by atoms with Crippen molar-refractivity contribution in [3.05, 3.63) is 0 Å². The molecule has 1 heterocycles. The van der Waals surface area contributed by atoms with E-state index in [0.29, 0.717) is 0 Å². The fourth-order valence-electron chi connectivity index (χ4n) is 1.51. The van der Waals surface area contributed by atoms with Gasteiger partial charge < -0.3 is 4.79 Å². The normalized spacial score (nSPS) is 22.9. The number of carbonyl (C=O) groups is 1. The first kappa shape index (κ1) is 7.73. The zero-order chi connectivity index (χ0) is 7.40. The molecule has 10 heavy (non-hydrogen) atoms. The molecule has 0 radical (unpaired) electrons. The van der Waals surface area contributed by atoms with E-state index in [1.165, 1.54) is 12.8 Å². The maximum Gasteiger partial charge on any atom is 0.137 e. The Hall–Kier alpha value is -0.370. The topological polar surface area (TPSA) is 20.3 Å². The lowest BCUT2D eigenvalue weighted by Crippen LogP contribution is -2.33. The zero-order valence-corrected chi connectivity index (χ0v) is 6.55. The van der Waals surface area contributed by atoms with E-state index >= 15 is 0 Å². The van der Waals surface area contributed by atoms with Crippen LogP contribution in [0.2, 0.25) is 0 Å². The smallest absolute Gasteiger partial charge is 0.137 e. The highest BCUT2D eigenvalue weighted by Crippen LogP contribution is 2.11. The van der Waals surface area contributed by atoms with Gasteiger partial charge in [0, 0.05) is 0 Å². The van der Waals surface area contributed by atoms with Crippen LogP contribution < -0.4 is 0 Å². The van der Waals surface area contributed by atoms with Crippen molar-refractivity contribution in [2.45, 2.75) is 32.2 Å². The van der Waals surface area contributed by atoms with E-state index in [2.05, 4.69) is 11.8 Å². The predicted molar refractivity (Wildman–Crippen MR) is 41.0 cm³/mol. The lowest BCUT2D eigenvalue weighted by Gasteiger charge is -2.20. The molecular weight excluding hydrogens is 126 g/mol. The van der Waals surface area contributed by atoms with Crippen molar-refractivity contribution in [2.24, 2.45) is 0 Å². The predicted octanol–water partition coefficient (Wildman–Crippen LogP) is 1.06. The van der Waals surface area contributed by atoms with E-state index in [1.807, 2.05) is 0 Å². The van der Waals surface area contributed by atoms with Crippen molar-refractivity contribution in [1.82, 2.24) is 4.90 Å². The Morgan fingerprint density at radius 1 is 1.50 bits per heavy atom. The number of hydrogen-bond donors (Lipinski definition) is 0. The van der Waals surface area contributed by atoms with Crippen LogP contribution in [-0.4, -0.2) is 30.3 Å². The molecule has 2 nitrogen and oxygen atoms in total. The molecule has 1 aliphatic rings. The van der Waals surface area contributed by atoms with Gasteiger partial charge in [0.15, 0.2) is 0 Å². The van der Waals surface area contributed by atoms with Gasteiger partial charge in [-0.15, -0.1) is 0 Å². The van der Waals surface area contributed by atoms with Gasteiger partial charge in [-0.3, -0.25) is 4.90 Å². The van der Waals surface area contributed by atoms with E-state index < -0.39 is 0 Å². The number of likely N-dealkylation sites (tertiary alicyclic amines) is 1. The van der Waals surface area contributed by atoms with Gasteiger partial charge in [0.25, 0.3) is 0 Å². The Kier molecular flexibility index (Phi) is 2.87. The summed E-state index contributed by atoms with van der Waals surface area (Å²) in [4.78, 5) is 12.8. The van der Waals surface area contributed by atoms with Gasteiger partial charge in [-0.25, -0.2) is 0 Å². The lowest BCUT2D eigenvalue weighted by atomic mass is 10.2. The second-order valence-electron chi connectivity index (χ2n) is 2.85. The molecule has 1 aliphatic heterocycles. The van der Waals surface area contributed by atoms with Crippen molar-refractivity contribution >= 4 is 6.29 Å². The summed E-state index contributed by atoms with van der Waals surface area (Å²) in [6.07, 6.45) is 4.57. The molecular formula is C8H15NO. The molecule has 0 spiro atoms. The Bertz CT molecular complexity index is 108. The first-order valence-corrected chi connectivity index (χ1v) is 4.08. The summed E-state index contributed by atoms with van der Waals surface area (Å²) in [7, 11) is 0. The van der Waals surface area contributed by atoms with Crippen molar-refractivity contribution in [2.75, 3.05) is 13.1 Å². The van der Waals surface area contributed by atoms with Crippen LogP contribution in [0.3, 0.4) is 0 Å². The van der Waals surface area contributed by atoms with Gasteiger partial charge in [0.1, 0.15) is 6.29 Å². The standard InChI is InChI=1S/C8H15NO/c1-2-8(7-10)9-5-3-4-6-9/h7-8H,2-6H2,1H3. The molecule has 1 saturated heterocycles. The van der Waals surface area contributed by atoms with Gasteiger partial charge in [-0.05, 0) is 32.4 Å². The summed E-state index contributed by atoms with van der Waals surface area (Å²) < 4.78 is 0. The third-order valence-electron chi connectivity index (χ3n) is 2.19. The van der Waals surface area contributed by atoms with Crippen molar-refractivity contribution in [1.29, 1.82) is 0 Å². The monoisotopic (exact) mass is 141 g/mol. The average Bonchev–Trinajstić information content (AvgIpc) is 2.43. The summed E-state index contributed by atoms with van der Waals surface area (Å²) in [5.41, 5.74) is 0. The van der Waals surface area contributed by atoms with E-state index in [0.717, 1.165) is 25.8 Å². The lowest BCUT2D eigenvalue weighted by molar-refractivity contribution is -0.112. The van der Waals surface area contributed by atoms with Crippen LogP contribution in [0.15, 0.2) is 0 Å². The second-order valence-corrected chi connectivity index (χ2v) is 2.85. The molecule has 0 aromatic heterocycles. The van der Waals surface area contributed by atoms with Crippen LogP contribution >= 0.6 is 0 Å². The summed E-state index contributed by atoms with van der Waals surface area (Å²) in [6, 6.07) is 0.197. The van der Waals surface area contributed by atoms with Crippen LogP contribution in [0.4, 0.5) is 0 Å². The van der Waals surface area contributed by atoms with Gasteiger partial charge in [-0.1, -0.05) is 6.92 Å². The molecule has 1 rings (SSSR count). The fraction of sp³-hybridized carbons (Fsp3) is 0.875. The first-order chi connectivity index (χ1) is 4.88. The minimum absolute atomic E-state index is 0.197. The van der Waals surface area contributed by atoms with Crippen molar-refractivity contribution in [3.8, 4) is 0 Å². The minimum Gasteiger partial charge on any atom is -0.302 e. The molecule has 58 valence electrons. The Balaban J connectivity index is 2.36. The highest BCUT2D eigenvalue weighted by atomic mass is 16.1. The third kappa shape index (κ3) is 1.57. The quantitative estimate of drug-likeness (QED) is 0.548. The highest BCUT2D eigenvalue weighted by Gasteiger charge is 2.18. The molecule has 0 saturated carbocycles. The van der Waals surface area contributed by atoms with Crippen LogP contribution in [-0.2, 0) is 4.79 Å². The molecule has 1 unspecified atom stereocenters. The molecule has 0 aromatic rings. The summed E-state index contributed by atoms with van der Waals surface area (Å²) in [5.74, 6) is 0. The van der Waals surface area contributed by atoms with E-state index in [4.69, 9.17) is 0 Å². The van der Waals surface area contributed by atoms with Crippen molar-refractivity contribution < 1.29 is 4.79 Å². The van der Waals surface area contributed by atoms with Crippen LogP contribution in [0.1, 0.15) is 26.2 Å². The minimum atomic E-state index is 0.197. The summed E-state index contributed by atoms with van der Waals surface area (Å²) in [5, 5.41) is 0. The van der Waals surface area contributed by atoms with E-state index in [9.17, 15) is 4.79 Å². The van der Waals surface area contributed by atoms with Crippen LogP contribution in [0.5, 0.6) is 0 Å². The highest BCUT2D eigenvalue weighted by molar-refractivity contribution is 5.57. The maximum absolute atomic E-state index is 10.5. The Morgan fingerprint density at radius 3 is 2.50 bits per heavy atom. The molecule has 0 aliphatic carbocycles. The molecule has 0 bridgehead atoms. The van der Waals surface area contributed by atoms with E-state index in [-0.39, 0.29) is 6.04 Å². The third-order valence-corrected chi connectivity index (χ3v) is 2.19. The first-order valence-electron chi connectivity index (χ1n) is 4.08. The summed E-state index contributed by atoms with van der Waals surface area (Å²) >= 11 is 0. The number of aldehydes is 1. The zero-order valence-electron chi connectivity index (χ0n) is 6.55. The Morgan fingerprint density at radius 2 is 2.10 bits per heavy atom. The molecule has 0 amide bonds. The average molecular weight is 141 g/mol. The van der Waals surface area contributed by atoms with Gasteiger partial charge in [-0.2, -0.15) is 0 Å². The number of nitrogens with zero attached hydrogens (tertiary/aromatic N) is 1. The van der Waals surface area contributed by atoms with Gasteiger partial charge in [0.2, 0.25) is 0 Å². The number of carbonyl (C=O) groups excluding carboxylic acids is 1. The second kappa shape index (κ2) is 3.71. The van der Waals surface area contributed by atoms with Crippen LogP contribution in [0, 0.1) is 0 Å². The van der Waals surface area contributed by atoms with Crippen molar-refractivity contribution in [3.63, 3.8) is 0 Å². The van der Waals surface area contributed by atoms with Gasteiger partial charge in [0.05, 0.1) is 6.04 Å². The SMILES string of the molecule is CCC(C=O)N1CCCC1. The molecule has 2 heteroatoms. The summed E-state index contributed by atoms with van der Waals surface area (Å²) in [6.45, 7) is 4.31. The van der Waals surface area contributed by atoms with Crippen LogP contribution in [0.25, 0.3) is 0 Å².